The van der Waals surface area contributed by atoms with Crippen molar-refractivity contribution in [3.8, 4) is 23.0 Å². The van der Waals surface area contributed by atoms with Crippen molar-refractivity contribution < 1.29 is 28.5 Å². The summed E-state index contributed by atoms with van der Waals surface area (Å²) in [5.74, 6) is 2.22. The van der Waals surface area contributed by atoms with Crippen LogP contribution in [0.2, 0.25) is 0 Å². The monoisotopic (exact) mass is 415 g/mol. The molecule has 30 heavy (non-hydrogen) atoms. The molecule has 0 heterocycles. The molecule has 2 aromatic rings. The molecule has 0 saturated heterocycles. The van der Waals surface area contributed by atoms with Crippen LogP contribution in [0.1, 0.15) is 11.1 Å². The summed E-state index contributed by atoms with van der Waals surface area (Å²) in [6.45, 7) is 1.05. The summed E-state index contributed by atoms with van der Waals surface area (Å²) < 4.78 is 26.1. The van der Waals surface area contributed by atoms with Crippen LogP contribution in [0.4, 0.5) is 0 Å². The van der Waals surface area contributed by atoms with Gasteiger partial charge >= 0.3 is 5.97 Å². The van der Waals surface area contributed by atoms with E-state index >= 15 is 0 Å². The molecule has 7 heteroatoms. The zero-order valence-electron chi connectivity index (χ0n) is 18.1. The van der Waals surface area contributed by atoms with Crippen LogP contribution in [-0.2, 0) is 16.0 Å². The van der Waals surface area contributed by atoms with Gasteiger partial charge in [0.05, 0.1) is 41.1 Å². The highest BCUT2D eigenvalue weighted by molar-refractivity contribution is 5.94. The number of carbonyl (C=O) groups is 1. The van der Waals surface area contributed by atoms with Crippen LogP contribution in [0.25, 0.3) is 6.08 Å². The van der Waals surface area contributed by atoms with Gasteiger partial charge in [0.15, 0.2) is 23.0 Å². The minimum absolute atomic E-state index is 0.369. The van der Waals surface area contributed by atoms with Gasteiger partial charge in [0.2, 0.25) is 0 Å². The van der Waals surface area contributed by atoms with Gasteiger partial charge in [-0.3, -0.25) is 0 Å². The number of ether oxygens (including phenoxy) is 5. The molecule has 0 aliphatic heterocycles. The van der Waals surface area contributed by atoms with Gasteiger partial charge in [0.1, 0.15) is 0 Å². The van der Waals surface area contributed by atoms with Gasteiger partial charge < -0.3 is 29.0 Å². The summed E-state index contributed by atoms with van der Waals surface area (Å²) in [6, 6.07) is 11.3. The minimum Gasteiger partial charge on any atom is -0.493 e. The van der Waals surface area contributed by atoms with Crippen LogP contribution in [0.15, 0.2) is 42.0 Å². The largest absolute Gasteiger partial charge is 0.493 e. The fourth-order valence-corrected chi connectivity index (χ4v) is 2.95. The van der Waals surface area contributed by atoms with Gasteiger partial charge in [-0.25, -0.2) is 4.79 Å². The van der Waals surface area contributed by atoms with Crippen LogP contribution in [0, 0.1) is 0 Å². The molecule has 1 N–H and O–H groups in total. The number of rotatable bonds is 11. The molecule has 2 aromatic carbocycles. The molecule has 0 saturated carbocycles. The maximum Gasteiger partial charge on any atom is 0.335 e. The lowest BCUT2D eigenvalue weighted by atomic mass is 10.1. The van der Waals surface area contributed by atoms with Crippen LogP contribution >= 0.6 is 0 Å². The summed E-state index contributed by atoms with van der Waals surface area (Å²) in [5, 5.41) is 3.29. The SMILES string of the molecule is COC(=O)/C(=C/c1ccc(OC)c(OC)c1)CNCCc1ccc(OC)c(OC)c1. The van der Waals surface area contributed by atoms with Gasteiger partial charge in [-0.2, -0.15) is 0 Å². The second-order valence-electron chi connectivity index (χ2n) is 6.39. The van der Waals surface area contributed by atoms with E-state index in [4.69, 9.17) is 23.7 Å². The van der Waals surface area contributed by atoms with Crippen molar-refractivity contribution in [1.82, 2.24) is 5.32 Å². The minimum atomic E-state index is -0.386. The second-order valence-corrected chi connectivity index (χ2v) is 6.39. The Morgan fingerprint density at radius 2 is 1.43 bits per heavy atom. The summed E-state index contributed by atoms with van der Waals surface area (Å²) >= 11 is 0. The smallest absolute Gasteiger partial charge is 0.335 e. The molecule has 0 aliphatic rings. The van der Waals surface area contributed by atoms with E-state index in [9.17, 15) is 4.79 Å². The molecule has 0 aromatic heterocycles. The third kappa shape index (κ3) is 6.15. The Kier molecular flexibility index (Phi) is 9.03. The van der Waals surface area contributed by atoms with E-state index in [2.05, 4.69) is 5.32 Å². The second kappa shape index (κ2) is 11.7. The summed E-state index contributed by atoms with van der Waals surface area (Å²) in [5.41, 5.74) is 2.43. The molecule has 0 bridgehead atoms. The standard InChI is InChI=1S/C23H29NO6/c1-26-19-8-6-16(13-21(19)28-3)10-11-24-15-18(23(25)30-5)12-17-7-9-20(27-2)22(14-17)29-4/h6-9,12-14,24H,10-11,15H2,1-5H3/b18-12+. The van der Waals surface area contributed by atoms with Crippen molar-refractivity contribution in [3.63, 3.8) is 0 Å². The number of carbonyl (C=O) groups excluding carboxylic acids is 1. The molecule has 2 rings (SSSR count). The molecule has 0 spiro atoms. The highest BCUT2D eigenvalue weighted by atomic mass is 16.5. The first-order chi connectivity index (χ1) is 14.6. The molecule has 0 unspecified atom stereocenters. The van der Waals surface area contributed by atoms with Crippen LogP contribution in [0.3, 0.4) is 0 Å². The van der Waals surface area contributed by atoms with Gasteiger partial charge in [-0.1, -0.05) is 12.1 Å². The van der Waals surface area contributed by atoms with E-state index in [0.29, 0.717) is 41.7 Å². The number of nitrogens with one attached hydrogen (secondary N) is 1. The zero-order chi connectivity index (χ0) is 21.9. The van der Waals surface area contributed by atoms with Crippen molar-refractivity contribution in [2.75, 3.05) is 48.6 Å². The highest BCUT2D eigenvalue weighted by Gasteiger charge is 2.11. The Balaban J connectivity index is 2.04. The summed E-state index contributed by atoms with van der Waals surface area (Å²) in [7, 11) is 7.74. The first-order valence-electron chi connectivity index (χ1n) is 9.48. The zero-order valence-corrected chi connectivity index (χ0v) is 18.1. The van der Waals surface area contributed by atoms with Crippen LogP contribution < -0.4 is 24.3 Å². The van der Waals surface area contributed by atoms with E-state index in [0.717, 1.165) is 17.5 Å². The van der Waals surface area contributed by atoms with Crippen LogP contribution in [-0.4, -0.2) is 54.6 Å². The lowest BCUT2D eigenvalue weighted by Crippen LogP contribution is -2.24. The van der Waals surface area contributed by atoms with E-state index in [1.165, 1.54) is 7.11 Å². The van der Waals surface area contributed by atoms with Gasteiger partial charge in [0.25, 0.3) is 0 Å². The Bertz CT molecular complexity index is 878. The van der Waals surface area contributed by atoms with E-state index in [1.807, 2.05) is 30.3 Å². The highest BCUT2D eigenvalue weighted by Crippen LogP contribution is 2.29. The quantitative estimate of drug-likeness (QED) is 0.343. The molecule has 0 aliphatic carbocycles. The first-order valence-corrected chi connectivity index (χ1v) is 9.48. The topological polar surface area (TPSA) is 75.3 Å². The molecular weight excluding hydrogens is 386 g/mol. The number of esters is 1. The van der Waals surface area contributed by atoms with Gasteiger partial charge in [-0.05, 0) is 54.4 Å². The number of benzene rings is 2. The van der Waals surface area contributed by atoms with Gasteiger partial charge in [-0.15, -0.1) is 0 Å². The predicted molar refractivity (Wildman–Crippen MR) is 116 cm³/mol. The Hall–Kier alpha value is -3.19. The average Bonchev–Trinajstić information content (AvgIpc) is 2.79. The molecule has 0 radical (unpaired) electrons. The first kappa shape index (κ1) is 23.1. The molecule has 7 nitrogen and oxygen atoms in total. The molecule has 0 amide bonds. The normalized spacial score (nSPS) is 11.0. The molecular formula is C23H29NO6. The lowest BCUT2D eigenvalue weighted by molar-refractivity contribution is -0.136. The Morgan fingerprint density at radius 3 is 2.03 bits per heavy atom. The number of methoxy groups -OCH3 is 5. The van der Waals surface area contributed by atoms with Crippen LogP contribution in [0.5, 0.6) is 23.0 Å². The third-order valence-corrected chi connectivity index (χ3v) is 4.55. The maximum atomic E-state index is 12.2. The number of hydrogen-bond acceptors (Lipinski definition) is 7. The van der Waals surface area contributed by atoms with E-state index in [1.54, 1.807) is 40.6 Å². The Labute approximate surface area is 177 Å². The van der Waals surface area contributed by atoms with E-state index < -0.39 is 0 Å². The molecule has 162 valence electrons. The van der Waals surface area contributed by atoms with E-state index in [-0.39, 0.29) is 5.97 Å². The molecule has 0 atom stereocenters. The van der Waals surface area contributed by atoms with Crippen molar-refractivity contribution in [1.29, 1.82) is 0 Å². The fourth-order valence-electron chi connectivity index (χ4n) is 2.95. The average molecular weight is 415 g/mol. The van der Waals surface area contributed by atoms with Crippen molar-refractivity contribution in [2.45, 2.75) is 6.42 Å². The number of hydrogen-bond donors (Lipinski definition) is 1. The molecule has 0 fully saturated rings. The Morgan fingerprint density at radius 1 is 0.833 bits per heavy atom. The third-order valence-electron chi connectivity index (χ3n) is 4.55. The fraction of sp³-hybridized carbons (Fsp3) is 0.348. The summed E-state index contributed by atoms with van der Waals surface area (Å²) in [6.07, 6.45) is 2.54. The predicted octanol–water partition coefficient (Wildman–Crippen LogP) is 3.11. The van der Waals surface area contributed by atoms with Crippen molar-refractivity contribution in [3.05, 3.63) is 53.1 Å². The summed E-state index contributed by atoms with van der Waals surface area (Å²) in [4.78, 5) is 12.2. The van der Waals surface area contributed by atoms with Gasteiger partial charge in [0, 0.05) is 6.54 Å². The van der Waals surface area contributed by atoms with Crippen molar-refractivity contribution in [2.24, 2.45) is 0 Å². The van der Waals surface area contributed by atoms with Crippen molar-refractivity contribution >= 4 is 12.0 Å². The lowest BCUT2D eigenvalue weighted by Gasteiger charge is -2.11. The maximum absolute atomic E-state index is 12.2.